The first-order valence-electron chi connectivity index (χ1n) is 7.66. The molecule has 0 bridgehead atoms. The molecule has 0 aliphatic heterocycles. The molecule has 3 N–H and O–H groups in total. The van der Waals surface area contributed by atoms with Crippen molar-refractivity contribution in [3.05, 3.63) is 46.9 Å². The maximum atomic E-state index is 11.8. The Morgan fingerprint density at radius 1 is 1.13 bits per heavy atom. The highest BCUT2D eigenvalue weighted by molar-refractivity contribution is 7.12. The molecule has 0 radical (unpaired) electrons. The zero-order valence-electron chi connectivity index (χ0n) is 13.3. The van der Waals surface area contributed by atoms with Gasteiger partial charge in [0, 0.05) is 45.6 Å². The van der Waals surface area contributed by atoms with Crippen molar-refractivity contribution in [3.8, 4) is 0 Å². The van der Waals surface area contributed by atoms with Gasteiger partial charge in [-0.15, -0.1) is 11.3 Å². The monoisotopic (exact) mass is 333 g/mol. The summed E-state index contributed by atoms with van der Waals surface area (Å²) in [6.45, 7) is 3.10. The molecule has 0 fully saturated rings. The summed E-state index contributed by atoms with van der Waals surface area (Å²) in [5, 5.41) is 11.3. The van der Waals surface area contributed by atoms with E-state index in [-0.39, 0.29) is 5.91 Å². The summed E-state index contributed by atoms with van der Waals surface area (Å²) in [5.74, 6) is 0.774. The Bertz CT molecular complexity index is 592. The summed E-state index contributed by atoms with van der Waals surface area (Å²) in [5.41, 5.74) is 0. The van der Waals surface area contributed by atoms with E-state index in [0.717, 1.165) is 36.9 Å². The fourth-order valence-electron chi connectivity index (χ4n) is 2.04. The van der Waals surface area contributed by atoms with Gasteiger partial charge in [0.05, 0.1) is 4.88 Å². The van der Waals surface area contributed by atoms with E-state index >= 15 is 0 Å². The molecular formula is C16H23N5OS. The van der Waals surface area contributed by atoms with Crippen LogP contribution in [0.1, 0.15) is 16.1 Å². The van der Waals surface area contributed by atoms with Gasteiger partial charge in [0.2, 0.25) is 0 Å². The number of nitrogens with one attached hydrogen (secondary N) is 3. The highest BCUT2D eigenvalue weighted by Gasteiger charge is 2.04. The first-order chi connectivity index (χ1) is 11.3. The average molecular weight is 333 g/mol. The number of nitrogens with zero attached hydrogens (tertiary/aromatic N) is 2. The molecule has 0 saturated carbocycles. The molecular weight excluding hydrogens is 310 g/mol. The third kappa shape index (κ3) is 6.15. The summed E-state index contributed by atoms with van der Waals surface area (Å²) >= 11 is 1.45. The molecule has 0 aromatic carbocycles. The summed E-state index contributed by atoms with van der Waals surface area (Å²) in [6, 6.07) is 7.73. The predicted octanol–water partition coefficient (Wildman–Crippen LogP) is 1.53. The molecule has 0 atom stereocenters. The average Bonchev–Trinajstić information content (AvgIpc) is 3.26. The SMILES string of the molecule is CN=C(NCCCNC(=O)c1cccs1)NCCn1cccc1. The van der Waals surface area contributed by atoms with Crippen molar-refractivity contribution in [2.24, 2.45) is 4.99 Å². The zero-order chi connectivity index (χ0) is 16.3. The Hall–Kier alpha value is -2.28. The summed E-state index contributed by atoms with van der Waals surface area (Å²) < 4.78 is 2.11. The Morgan fingerprint density at radius 3 is 2.57 bits per heavy atom. The van der Waals surface area contributed by atoms with Gasteiger partial charge in [-0.25, -0.2) is 0 Å². The second-order valence-corrected chi connectivity index (χ2v) is 5.88. The van der Waals surface area contributed by atoms with Crippen LogP contribution in [0.4, 0.5) is 0 Å². The van der Waals surface area contributed by atoms with Crippen LogP contribution in [-0.4, -0.2) is 43.1 Å². The number of guanidine groups is 1. The van der Waals surface area contributed by atoms with Crippen molar-refractivity contribution in [3.63, 3.8) is 0 Å². The maximum absolute atomic E-state index is 11.8. The molecule has 0 aliphatic carbocycles. The Kier molecular flexibility index (Phi) is 7.19. The molecule has 23 heavy (non-hydrogen) atoms. The number of hydrogen-bond donors (Lipinski definition) is 3. The lowest BCUT2D eigenvalue weighted by atomic mass is 10.4. The summed E-state index contributed by atoms with van der Waals surface area (Å²) in [7, 11) is 1.75. The second kappa shape index (κ2) is 9.68. The lowest BCUT2D eigenvalue weighted by Crippen LogP contribution is -2.40. The fourth-order valence-corrected chi connectivity index (χ4v) is 2.68. The van der Waals surface area contributed by atoms with Crippen LogP contribution in [0.25, 0.3) is 0 Å². The van der Waals surface area contributed by atoms with E-state index < -0.39 is 0 Å². The van der Waals surface area contributed by atoms with E-state index in [1.807, 2.05) is 42.0 Å². The van der Waals surface area contributed by atoms with Gasteiger partial charge in [-0.2, -0.15) is 0 Å². The van der Waals surface area contributed by atoms with E-state index in [9.17, 15) is 4.79 Å². The standard InChI is InChI=1S/C16H23N5OS/c1-17-16(20-9-12-21-10-2-3-11-21)19-8-5-7-18-15(22)14-6-4-13-23-14/h2-4,6,10-11,13H,5,7-9,12H2,1H3,(H,18,22)(H2,17,19,20). The number of carbonyl (C=O) groups is 1. The van der Waals surface area contributed by atoms with Crippen molar-refractivity contribution in [1.82, 2.24) is 20.5 Å². The van der Waals surface area contributed by atoms with Gasteiger partial charge in [-0.05, 0) is 30.0 Å². The van der Waals surface area contributed by atoms with E-state index in [0.29, 0.717) is 6.54 Å². The minimum absolute atomic E-state index is 0.00534. The topological polar surface area (TPSA) is 70.4 Å². The largest absolute Gasteiger partial charge is 0.356 e. The van der Waals surface area contributed by atoms with Crippen molar-refractivity contribution in [1.29, 1.82) is 0 Å². The molecule has 124 valence electrons. The van der Waals surface area contributed by atoms with Crippen molar-refractivity contribution in [2.75, 3.05) is 26.7 Å². The summed E-state index contributed by atoms with van der Waals surface area (Å²) in [6.07, 6.45) is 4.91. The number of hydrogen-bond acceptors (Lipinski definition) is 3. The van der Waals surface area contributed by atoms with Crippen molar-refractivity contribution in [2.45, 2.75) is 13.0 Å². The third-order valence-electron chi connectivity index (χ3n) is 3.23. The van der Waals surface area contributed by atoms with E-state index in [2.05, 4.69) is 25.5 Å². The predicted molar refractivity (Wildman–Crippen MR) is 95.1 cm³/mol. The van der Waals surface area contributed by atoms with Gasteiger partial charge >= 0.3 is 0 Å². The smallest absolute Gasteiger partial charge is 0.261 e. The number of thiophene rings is 1. The van der Waals surface area contributed by atoms with E-state index in [4.69, 9.17) is 0 Å². The highest BCUT2D eigenvalue weighted by atomic mass is 32.1. The molecule has 2 aromatic heterocycles. The van der Waals surface area contributed by atoms with Crippen molar-refractivity contribution >= 4 is 23.2 Å². The van der Waals surface area contributed by atoms with Gasteiger partial charge in [0.25, 0.3) is 5.91 Å². The number of aliphatic imine (C=N–C) groups is 1. The first kappa shape index (κ1) is 17.1. The van der Waals surface area contributed by atoms with Crippen LogP contribution in [0.15, 0.2) is 47.0 Å². The lowest BCUT2D eigenvalue weighted by molar-refractivity contribution is 0.0957. The Morgan fingerprint density at radius 2 is 1.87 bits per heavy atom. The first-order valence-corrected chi connectivity index (χ1v) is 8.54. The van der Waals surface area contributed by atoms with Gasteiger partial charge in [-0.3, -0.25) is 9.79 Å². The summed E-state index contributed by atoms with van der Waals surface area (Å²) in [4.78, 5) is 16.7. The molecule has 7 heteroatoms. The molecule has 1 amide bonds. The van der Waals surface area contributed by atoms with Crippen LogP contribution in [-0.2, 0) is 6.54 Å². The molecule has 0 saturated heterocycles. The number of carbonyl (C=O) groups excluding carboxylic acids is 1. The number of aromatic nitrogens is 1. The molecule has 0 unspecified atom stereocenters. The van der Waals surface area contributed by atoms with Gasteiger partial charge in [0.1, 0.15) is 0 Å². The molecule has 2 rings (SSSR count). The normalized spacial score (nSPS) is 11.3. The lowest BCUT2D eigenvalue weighted by Gasteiger charge is -2.12. The van der Waals surface area contributed by atoms with E-state index in [1.165, 1.54) is 11.3 Å². The molecule has 0 aliphatic rings. The third-order valence-corrected chi connectivity index (χ3v) is 4.10. The highest BCUT2D eigenvalue weighted by Crippen LogP contribution is 2.07. The van der Waals surface area contributed by atoms with Gasteiger partial charge < -0.3 is 20.5 Å². The van der Waals surface area contributed by atoms with Gasteiger partial charge in [0.15, 0.2) is 5.96 Å². The second-order valence-electron chi connectivity index (χ2n) is 4.93. The quantitative estimate of drug-likeness (QED) is 0.390. The van der Waals surface area contributed by atoms with Gasteiger partial charge in [-0.1, -0.05) is 6.07 Å². The zero-order valence-corrected chi connectivity index (χ0v) is 14.1. The van der Waals surface area contributed by atoms with Crippen LogP contribution in [0.2, 0.25) is 0 Å². The molecule has 2 heterocycles. The fraction of sp³-hybridized carbons (Fsp3) is 0.375. The molecule has 2 aromatic rings. The number of rotatable bonds is 8. The minimum atomic E-state index is -0.00534. The Balaban J connectivity index is 1.54. The molecule has 6 nitrogen and oxygen atoms in total. The van der Waals surface area contributed by atoms with Crippen LogP contribution in [0, 0.1) is 0 Å². The maximum Gasteiger partial charge on any atom is 0.261 e. The number of amides is 1. The van der Waals surface area contributed by atoms with Crippen LogP contribution in [0.5, 0.6) is 0 Å². The molecule has 0 spiro atoms. The Labute approximate surface area is 140 Å². The van der Waals surface area contributed by atoms with E-state index in [1.54, 1.807) is 7.05 Å². The van der Waals surface area contributed by atoms with Crippen LogP contribution in [0.3, 0.4) is 0 Å². The van der Waals surface area contributed by atoms with Crippen LogP contribution >= 0.6 is 11.3 Å². The van der Waals surface area contributed by atoms with Crippen molar-refractivity contribution < 1.29 is 4.79 Å². The minimum Gasteiger partial charge on any atom is -0.356 e. The van der Waals surface area contributed by atoms with Crippen LogP contribution < -0.4 is 16.0 Å².